The molecule has 4 N–H and O–H groups in total. The smallest absolute Gasteiger partial charge is 0.252 e. The zero-order chi connectivity index (χ0) is 18.8. The lowest BCUT2D eigenvalue weighted by Gasteiger charge is -2.63. The van der Waals surface area contributed by atoms with E-state index in [9.17, 15) is 15.0 Å². The molecule has 1 aromatic carbocycles. The Bertz CT molecular complexity index is 786. The first-order chi connectivity index (χ1) is 13.0. The van der Waals surface area contributed by atoms with Crippen molar-refractivity contribution in [1.82, 2.24) is 0 Å². The molecule has 0 heterocycles. The number of fused-ring (bicyclic) bond motifs is 1. The van der Waals surface area contributed by atoms with E-state index in [4.69, 9.17) is 5.73 Å². The van der Waals surface area contributed by atoms with Gasteiger partial charge < -0.3 is 15.9 Å². The molecule has 1 aromatic rings. The SMILES string of the molecule is NC(=O)c1ccc2c(c1O)C13CCCCC1(O)C(C2)C(CC1CCC1)CC3. The average Bonchev–Trinajstić information content (AvgIpc) is 2.58. The number of carbonyl (C=O) groups is 1. The van der Waals surface area contributed by atoms with Gasteiger partial charge in [0.05, 0.1) is 11.2 Å². The summed E-state index contributed by atoms with van der Waals surface area (Å²) in [5, 5.41) is 23.1. The molecule has 0 radical (unpaired) electrons. The second-order valence-corrected chi connectivity index (χ2v) is 9.72. The van der Waals surface area contributed by atoms with Gasteiger partial charge in [-0.3, -0.25) is 4.79 Å². The third-order valence-electron chi connectivity index (χ3n) is 8.67. The van der Waals surface area contributed by atoms with Gasteiger partial charge in [-0.2, -0.15) is 0 Å². The molecule has 4 aliphatic rings. The third kappa shape index (κ3) is 2.28. The normalized spacial score (nSPS) is 37.8. The first-order valence-corrected chi connectivity index (χ1v) is 10.8. The summed E-state index contributed by atoms with van der Waals surface area (Å²) in [6, 6.07) is 3.67. The average molecular weight is 370 g/mol. The number of nitrogens with two attached hydrogens (primary N) is 1. The Hall–Kier alpha value is -1.55. The highest BCUT2D eigenvalue weighted by Gasteiger charge is 2.64. The Kier molecular flexibility index (Phi) is 3.88. The molecular formula is C23H31NO3. The fourth-order valence-corrected chi connectivity index (χ4v) is 7.20. The van der Waals surface area contributed by atoms with Gasteiger partial charge in [0.2, 0.25) is 0 Å². The molecule has 3 fully saturated rings. The van der Waals surface area contributed by atoms with Crippen molar-refractivity contribution in [2.75, 3.05) is 0 Å². The van der Waals surface area contributed by atoms with Gasteiger partial charge in [-0.15, -0.1) is 0 Å². The molecular weight excluding hydrogens is 338 g/mol. The van der Waals surface area contributed by atoms with Crippen LogP contribution in [0.2, 0.25) is 0 Å². The van der Waals surface area contributed by atoms with Crippen molar-refractivity contribution in [3.8, 4) is 5.75 Å². The molecule has 146 valence electrons. The Balaban J connectivity index is 1.64. The molecule has 0 spiro atoms. The summed E-state index contributed by atoms with van der Waals surface area (Å²) in [6.45, 7) is 0. The molecule has 3 saturated carbocycles. The van der Waals surface area contributed by atoms with Crippen LogP contribution in [0.4, 0.5) is 0 Å². The second kappa shape index (κ2) is 5.97. The molecule has 4 aliphatic carbocycles. The molecule has 1 amide bonds. The van der Waals surface area contributed by atoms with Gasteiger partial charge in [0.1, 0.15) is 5.75 Å². The van der Waals surface area contributed by atoms with E-state index in [1.165, 1.54) is 25.7 Å². The minimum absolute atomic E-state index is 0.0382. The van der Waals surface area contributed by atoms with E-state index in [2.05, 4.69) is 0 Å². The van der Waals surface area contributed by atoms with Crippen LogP contribution in [-0.2, 0) is 11.8 Å². The van der Waals surface area contributed by atoms with Gasteiger partial charge in [0, 0.05) is 11.0 Å². The van der Waals surface area contributed by atoms with Crippen LogP contribution in [0.5, 0.6) is 5.75 Å². The van der Waals surface area contributed by atoms with E-state index in [0.29, 0.717) is 5.92 Å². The lowest BCUT2D eigenvalue weighted by molar-refractivity contribution is -0.168. The number of carbonyl (C=O) groups excluding carboxylic acids is 1. The minimum atomic E-state index is -0.751. The van der Waals surface area contributed by atoms with Crippen LogP contribution in [0.15, 0.2) is 12.1 Å². The van der Waals surface area contributed by atoms with Crippen molar-refractivity contribution < 1.29 is 15.0 Å². The fraction of sp³-hybridized carbons (Fsp3) is 0.696. The van der Waals surface area contributed by atoms with Gasteiger partial charge >= 0.3 is 0 Å². The lowest BCUT2D eigenvalue weighted by atomic mass is 9.43. The Labute approximate surface area is 161 Å². The van der Waals surface area contributed by atoms with E-state index < -0.39 is 16.9 Å². The second-order valence-electron chi connectivity index (χ2n) is 9.72. The van der Waals surface area contributed by atoms with Crippen molar-refractivity contribution in [3.63, 3.8) is 0 Å². The molecule has 4 atom stereocenters. The monoisotopic (exact) mass is 369 g/mol. The number of amides is 1. The van der Waals surface area contributed by atoms with Crippen LogP contribution in [-0.4, -0.2) is 21.7 Å². The van der Waals surface area contributed by atoms with Crippen LogP contribution in [0.25, 0.3) is 0 Å². The van der Waals surface area contributed by atoms with Crippen LogP contribution >= 0.6 is 0 Å². The van der Waals surface area contributed by atoms with Gasteiger partial charge in [0.15, 0.2) is 0 Å². The van der Waals surface area contributed by atoms with Crippen molar-refractivity contribution >= 4 is 5.91 Å². The van der Waals surface area contributed by atoms with Crippen molar-refractivity contribution in [2.24, 2.45) is 23.5 Å². The Morgan fingerprint density at radius 3 is 2.59 bits per heavy atom. The molecule has 0 saturated heterocycles. The topological polar surface area (TPSA) is 83.6 Å². The van der Waals surface area contributed by atoms with Gasteiger partial charge in [-0.05, 0) is 67.9 Å². The molecule has 2 bridgehead atoms. The number of benzene rings is 1. The van der Waals surface area contributed by atoms with E-state index in [1.54, 1.807) is 6.07 Å². The van der Waals surface area contributed by atoms with Crippen molar-refractivity contribution in [3.05, 3.63) is 28.8 Å². The van der Waals surface area contributed by atoms with Gasteiger partial charge in [0.25, 0.3) is 5.91 Å². The number of rotatable bonds is 3. The summed E-state index contributed by atoms with van der Waals surface area (Å²) in [5.41, 5.74) is 6.53. The molecule has 4 unspecified atom stereocenters. The number of hydrogen-bond acceptors (Lipinski definition) is 3. The van der Waals surface area contributed by atoms with E-state index in [0.717, 1.165) is 62.0 Å². The third-order valence-corrected chi connectivity index (χ3v) is 8.67. The zero-order valence-electron chi connectivity index (χ0n) is 16.0. The number of phenols is 1. The van der Waals surface area contributed by atoms with Crippen LogP contribution < -0.4 is 5.73 Å². The predicted molar refractivity (Wildman–Crippen MR) is 104 cm³/mol. The van der Waals surface area contributed by atoms with Crippen LogP contribution in [0.3, 0.4) is 0 Å². The molecule has 5 rings (SSSR count). The van der Waals surface area contributed by atoms with Gasteiger partial charge in [-0.25, -0.2) is 0 Å². The van der Waals surface area contributed by atoms with E-state index in [-0.39, 0.29) is 17.2 Å². The summed E-state index contributed by atoms with van der Waals surface area (Å²) < 4.78 is 0. The van der Waals surface area contributed by atoms with Gasteiger partial charge in [-0.1, -0.05) is 38.2 Å². The number of aliphatic hydroxyl groups is 1. The quantitative estimate of drug-likeness (QED) is 0.757. The van der Waals surface area contributed by atoms with Crippen molar-refractivity contribution in [2.45, 2.75) is 81.6 Å². The molecule has 27 heavy (non-hydrogen) atoms. The Morgan fingerprint density at radius 2 is 1.89 bits per heavy atom. The highest BCUT2D eigenvalue weighted by atomic mass is 16.3. The maximum atomic E-state index is 12.1. The van der Waals surface area contributed by atoms with E-state index in [1.807, 2.05) is 6.07 Å². The summed E-state index contributed by atoms with van der Waals surface area (Å²) in [7, 11) is 0. The van der Waals surface area contributed by atoms with Crippen LogP contribution in [0, 0.1) is 17.8 Å². The number of hydrogen-bond donors (Lipinski definition) is 3. The molecule has 0 aliphatic heterocycles. The van der Waals surface area contributed by atoms with Crippen molar-refractivity contribution in [1.29, 1.82) is 0 Å². The fourth-order valence-electron chi connectivity index (χ4n) is 7.20. The largest absolute Gasteiger partial charge is 0.507 e. The first-order valence-electron chi connectivity index (χ1n) is 10.8. The summed E-state index contributed by atoms with van der Waals surface area (Å²) in [5.74, 6) is 1.15. The highest BCUT2D eigenvalue weighted by molar-refractivity contribution is 5.96. The number of primary amides is 1. The lowest BCUT2D eigenvalue weighted by Crippen LogP contribution is -2.65. The van der Waals surface area contributed by atoms with E-state index >= 15 is 0 Å². The maximum Gasteiger partial charge on any atom is 0.252 e. The maximum absolute atomic E-state index is 12.1. The summed E-state index contributed by atoms with van der Waals surface area (Å²) >= 11 is 0. The standard InChI is InChI=1S/C23H31NO3/c24-21(26)17-7-6-16-13-18-15(12-14-4-3-5-14)8-11-22(19(16)20(17)25)9-1-2-10-23(18,22)27/h6-7,14-15,18,25,27H,1-5,8-13H2,(H2,24,26). The summed E-state index contributed by atoms with van der Waals surface area (Å²) in [6.07, 6.45) is 12.0. The summed E-state index contributed by atoms with van der Waals surface area (Å²) in [4.78, 5) is 11.8. The highest BCUT2D eigenvalue weighted by Crippen LogP contribution is 2.65. The molecule has 4 heteroatoms. The zero-order valence-corrected chi connectivity index (χ0v) is 16.0. The molecule has 0 aromatic heterocycles. The molecule has 4 nitrogen and oxygen atoms in total. The predicted octanol–water partition coefficient (Wildman–Crippen LogP) is 3.81. The minimum Gasteiger partial charge on any atom is -0.507 e. The first kappa shape index (κ1) is 17.5. The number of aromatic hydroxyl groups is 1. The van der Waals surface area contributed by atoms with Crippen LogP contribution in [0.1, 0.15) is 85.7 Å². The Morgan fingerprint density at radius 1 is 1.11 bits per heavy atom.